The number of hydrogen-bond donors (Lipinski definition) is 1. The summed E-state index contributed by atoms with van der Waals surface area (Å²) in [5, 5.41) is 9.29. The maximum atomic E-state index is 11.8. The Bertz CT molecular complexity index is 610. The molecule has 0 saturated carbocycles. The lowest BCUT2D eigenvalue weighted by atomic mass is 10.1. The van der Waals surface area contributed by atoms with Crippen LogP contribution in [0.25, 0.3) is 6.08 Å². The fourth-order valence-corrected chi connectivity index (χ4v) is 1.63. The number of aromatic hydroxyl groups is 1. The second-order valence-corrected chi connectivity index (χ2v) is 4.04. The van der Waals surface area contributed by atoms with Gasteiger partial charge < -0.3 is 5.11 Å². The van der Waals surface area contributed by atoms with Gasteiger partial charge in [0.25, 0.3) is 0 Å². The zero-order chi connectivity index (χ0) is 13.5. The van der Waals surface area contributed by atoms with E-state index in [0.717, 1.165) is 5.56 Å². The largest absolute Gasteiger partial charge is 0.508 e. The van der Waals surface area contributed by atoms with Crippen LogP contribution in [0.1, 0.15) is 15.9 Å². The highest BCUT2D eigenvalue weighted by Gasteiger charge is 2.00. The lowest BCUT2D eigenvalue weighted by Gasteiger charge is -1.95. The highest BCUT2D eigenvalue weighted by Crippen LogP contribution is 2.11. The van der Waals surface area contributed by atoms with Crippen LogP contribution >= 0.6 is 0 Å². The maximum absolute atomic E-state index is 11.8. The zero-order valence-electron chi connectivity index (χ0n) is 10.4. The van der Waals surface area contributed by atoms with E-state index in [1.54, 1.807) is 18.2 Å². The number of benzene rings is 2. The van der Waals surface area contributed by atoms with Gasteiger partial charge >= 0.3 is 0 Å². The average Bonchev–Trinajstić information content (AvgIpc) is 2.44. The lowest BCUT2D eigenvalue weighted by Crippen LogP contribution is -1.92. The van der Waals surface area contributed by atoms with Crippen LogP contribution in [0.3, 0.4) is 0 Å². The van der Waals surface area contributed by atoms with Gasteiger partial charge in [-0.25, -0.2) is 0 Å². The maximum Gasteiger partial charge on any atom is 0.185 e. The molecular weight excluding hydrogens is 236 g/mol. The molecule has 0 aromatic heterocycles. The molecule has 0 amide bonds. The van der Waals surface area contributed by atoms with E-state index in [1.807, 2.05) is 42.5 Å². The van der Waals surface area contributed by atoms with Crippen LogP contribution in [0.15, 0.2) is 72.8 Å². The number of phenols is 1. The summed E-state index contributed by atoms with van der Waals surface area (Å²) in [6.45, 7) is 0. The molecule has 0 aliphatic carbocycles. The monoisotopic (exact) mass is 250 g/mol. The molecule has 0 atom stereocenters. The van der Waals surface area contributed by atoms with Crippen molar-refractivity contribution in [3.05, 3.63) is 84.0 Å². The molecule has 0 spiro atoms. The first-order valence-electron chi connectivity index (χ1n) is 5.99. The molecule has 0 saturated heterocycles. The molecule has 0 aliphatic heterocycles. The average molecular weight is 250 g/mol. The van der Waals surface area contributed by atoms with E-state index in [0.29, 0.717) is 5.56 Å². The Morgan fingerprint density at radius 3 is 2.47 bits per heavy atom. The van der Waals surface area contributed by atoms with Crippen LogP contribution in [0, 0.1) is 0 Å². The third-order valence-corrected chi connectivity index (χ3v) is 2.58. The molecule has 19 heavy (non-hydrogen) atoms. The molecule has 2 heteroatoms. The van der Waals surface area contributed by atoms with Crippen LogP contribution in [0.4, 0.5) is 0 Å². The van der Waals surface area contributed by atoms with Crippen molar-refractivity contribution >= 4 is 11.9 Å². The predicted molar refractivity (Wildman–Crippen MR) is 77.1 cm³/mol. The van der Waals surface area contributed by atoms with Gasteiger partial charge in [0.05, 0.1) is 0 Å². The van der Waals surface area contributed by atoms with Crippen molar-refractivity contribution in [3.63, 3.8) is 0 Å². The van der Waals surface area contributed by atoms with E-state index in [9.17, 15) is 9.90 Å². The first kappa shape index (κ1) is 12.8. The van der Waals surface area contributed by atoms with E-state index in [-0.39, 0.29) is 11.5 Å². The first-order chi connectivity index (χ1) is 9.25. The summed E-state index contributed by atoms with van der Waals surface area (Å²) in [7, 11) is 0. The van der Waals surface area contributed by atoms with Crippen molar-refractivity contribution in [1.29, 1.82) is 0 Å². The topological polar surface area (TPSA) is 37.3 Å². The second-order valence-electron chi connectivity index (χ2n) is 4.04. The van der Waals surface area contributed by atoms with Crippen molar-refractivity contribution in [1.82, 2.24) is 0 Å². The van der Waals surface area contributed by atoms with E-state index in [4.69, 9.17) is 0 Å². The van der Waals surface area contributed by atoms with Gasteiger partial charge in [0, 0.05) is 5.56 Å². The summed E-state index contributed by atoms with van der Waals surface area (Å²) in [6, 6.07) is 16.2. The molecule has 0 bridgehead atoms. The SMILES string of the molecule is O=C(C=C/C=C/c1ccccc1)c1cccc(O)c1. The van der Waals surface area contributed by atoms with Crippen molar-refractivity contribution in [3.8, 4) is 5.75 Å². The fourth-order valence-electron chi connectivity index (χ4n) is 1.63. The number of rotatable bonds is 4. The van der Waals surface area contributed by atoms with Crippen LogP contribution in [0.2, 0.25) is 0 Å². The van der Waals surface area contributed by atoms with Crippen LogP contribution < -0.4 is 0 Å². The number of hydrogen-bond acceptors (Lipinski definition) is 2. The van der Waals surface area contributed by atoms with Gasteiger partial charge in [0.1, 0.15) is 5.75 Å². The predicted octanol–water partition coefficient (Wildman–Crippen LogP) is 3.84. The molecular formula is C17H14O2. The van der Waals surface area contributed by atoms with Gasteiger partial charge in [0.15, 0.2) is 5.78 Å². The van der Waals surface area contributed by atoms with Crippen molar-refractivity contribution in [2.75, 3.05) is 0 Å². The molecule has 0 heterocycles. The van der Waals surface area contributed by atoms with Gasteiger partial charge in [-0.15, -0.1) is 0 Å². The molecule has 2 aromatic carbocycles. The minimum Gasteiger partial charge on any atom is -0.508 e. The Balaban J connectivity index is 2.00. The number of ketones is 1. The third kappa shape index (κ3) is 3.96. The van der Waals surface area contributed by atoms with Crippen LogP contribution in [-0.4, -0.2) is 10.9 Å². The number of phenolic OH excluding ortho intramolecular Hbond substituents is 1. The van der Waals surface area contributed by atoms with E-state index >= 15 is 0 Å². The number of allylic oxidation sites excluding steroid dienone is 3. The Hall–Kier alpha value is -2.61. The summed E-state index contributed by atoms with van der Waals surface area (Å²) in [5.41, 5.74) is 1.56. The normalized spacial score (nSPS) is 11.2. The van der Waals surface area contributed by atoms with Crippen molar-refractivity contribution < 1.29 is 9.90 Å². The van der Waals surface area contributed by atoms with Gasteiger partial charge in [-0.2, -0.15) is 0 Å². The smallest absolute Gasteiger partial charge is 0.185 e. The van der Waals surface area contributed by atoms with Gasteiger partial charge in [-0.3, -0.25) is 4.79 Å². The zero-order valence-corrected chi connectivity index (χ0v) is 10.4. The highest BCUT2D eigenvalue weighted by atomic mass is 16.3. The van der Waals surface area contributed by atoms with Crippen LogP contribution in [0.5, 0.6) is 5.75 Å². The van der Waals surface area contributed by atoms with Crippen molar-refractivity contribution in [2.45, 2.75) is 0 Å². The van der Waals surface area contributed by atoms with E-state index in [2.05, 4.69) is 0 Å². The first-order valence-corrected chi connectivity index (χ1v) is 5.99. The number of carbonyl (C=O) groups excluding carboxylic acids is 1. The van der Waals surface area contributed by atoms with Crippen molar-refractivity contribution in [2.24, 2.45) is 0 Å². The molecule has 2 aromatic rings. The summed E-state index contributed by atoms with van der Waals surface area (Å²) in [5.74, 6) is -0.0345. The Morgan fingerprint density at radius 1 is 0.947 bits per heavy atom. The summed E-state index contributed by atoms with van der Waals surface area (Å²) >= 11 is 0. The standard InChI is InChI=1S/C17H14O2/c18-16-11-6-10-15(13-16)17(19)12-5-4-9-14-7-2-1-3-8-14/h1-13,18H/b9-4+,12-5?. The Labute approximate surface area is 112 Å². The fraction of sp³-hybridized carbons (Fsp3) is 0. The molecule has 0 unspecified atom stereocenters. The Kier molecular flexibility index (Phi) is 4.29. The molecule has 94 valence electrons. The summed E-state index contributed by atoms with van der Waals surface area (Å²) in [6.07, 6.45) is 6.91. The number of carbonyl (C=O) groups is 1. The minimum absolute atomic E-state index is 0.0964. The Morgan fingerprint density at radius 2 is 1.74 bits per heavy atom. The molecule has 0 aliphatic rings. The van der Waals surface area contributed by atoms with E-state index < -0.39 is 0 Å². The van der Waals surface area contributed by atoms with Gasteiger partial charge in [-0.05, 0) is 23.8 Å². The summed E-state index contributed by atoms with van der Waals surface area (Å²) in [4.78, 5) is 11.8. The van der Waals surface area contributed by atoms with E-state index in [1.165, 1.54) is 18.2 Å². The summed E-state index contributed by atoms with van der Waals surface area (Å²) < 4.78 is 0. The molecule has 0 fully saturated rings. The minimum atomic E-state index is -0.131. The molecule has 0 radical (unpaired) electrons. The second kappa shape index (κ2) is 6.36. The van der Waals surface area contributed by atoms with Gasteiger partial charge in [0.2, 0.25) is 0 Å². The molecule has 2 nitrogen and oxygen atoms in total. The van der Waals surface area contributed by atoms with Gasteiger partial charge in [-0.1, -0.05) is 60.7 Å². The third-order valence-electron chi connectivity index (χ3n) is 2.58. The van der Waals surface area contributed by atoms with Crippen LogP contribution in [-0.2, 0) is 0 Å². The highest BCUT2D eigenvalue weighted by molar-refractivity contribution is 6.04. The molecule has 2 rings (SSSR count). The lowest BCUT2D eigenvalue weighted by molar-refractivity contribution is 0.104. The quantitative estimate of drug-likeness (QED) is 0.508. The molecule has 1 N–H and O–H groups in total.